The van der Waals surface area contributed by atoms with Crippen LogP contribution in [0.3, 0.4) is 0 Å². The highest BCUT2D eigenvalue weighted by Crippen LogP contribution is 2.24. The van der Waals surface area contributed by atoms with E-state index in [0.29, 0.717) is 21.8 Å². The molecule has 0 fully saturated rings. The lowest BCUT2D eigenvalue weighted by Crippen LogP contribution is -2.04. The summed E-state index contributed by atoms with van der Waals surface area (Å²) >= 11 is 5.85. The van der Waals surface area contributed by atoms with Crippen molar-refractivity contribution < 1.29 is 4.79 Å². The molecule has 0 unspecified atom stereocenters. The number of aromatic nitrogens is 2. The van der Waals surface area contributed by atoms with E-state index in [4.69, 9.17) is 17.3 Å². The molecule has 0 saturated carbocycles. The Morgan fingerprint density at radius 3 is 2.88 bits per heavy atom. The first-order valence-electron chi connectivity index (χ1n) is 4.67. The lowest BCUT2D eigenvalue weighted by Gasteiger charge is -2.04. The maximum atomic E-state index is 12.0. The summed E-state index contributed by atoms with van der Waals surface area (Å²) in [6.07, 6.45) is 3.14. The van der Waals surface area contributed by atoms with Crippen molar-refractivity contribution in [3.05, 3.63) is 46.7 Å². The average Bonchev–Trinajstić information content (AvgIpc) is 2.68. The molecule has 82 valence electrons. The molecule has 16 heavy (non-hydrogen) atoms. The van der Waals surface area contributed by atoms with Gasteiger partial charge < -0.3 is 5.73 Å². The molecule has 4 nitrogen and oxygen atoms in total. The smallest absolute Gasteiger partial charge is 0.198 e. The number of carbonyl (C=O) groups excluding carboxylic acids is 1. The highest BCUT2D eigenvalue weighted by atomic mass is 35.5. The van der Waals surface area contributed by atoms with Crippen LogP contribution in [0.4, 0.5) is 5.69 Å². The number of benzene rings is 1. The number of ketones is 1. The molecular weight excluding hydrogens is 226 g/mol. The van der Waals surface area contributed by atoms with Crippen molar-refractivity contribution in [3.63, 3.8) is 0 Å². The minimum atomic E-state index is -0.173. The highest BCUT2D eigenvalue weighted by Gasteiger charge is 2.15. The minimum absolute atomic E-state index is 0.173. The van der Waals surface area contributed by atoms with Gasteiger partial charge in [-0.05, 0) is 12.1 Å². The summed E-state index contributed by atoms with van der Waals surface area (Å²) in [6, 6.07) is 5.00. The SMILES string of the molecule is Cn1cc(C(=O)c2cccc(Cl)c2N)cn1. The van der Waals surface area contributed by atoms with E-state index in [1.54, 1.807) is 36.1 Å². The molecule has 2 rings (SSSR count). The largest absolute Gasteiger partial charge is 0.397 e. The van der Waals surface area contributed by atoms with Crippen molar-refractivity contribution in [2.75, 3.05) is 5.73 Å². The van der Waals surface area contributed by atoms with Crippen molar-refractivity contribution in [1.29, 1.82) is 0 Å². The summed E-state index contributed by atoms with van der Waals surface area (Å²) in [5.74, 6) is -0.173. The fourth-order valence-corrected chi connectivity index (χ4v) is 1.60. The van der Waals surface area contributed by atoms with Crippen LogP contribution >= 0.6 is 11.6 Å². The molecule has 0 spiro atoms. The minimum Gasteiger partial charge on any atom is -0.397 e. The van der Waals surface area contributed by atoms with Gasteiger partial charge in [0.25, 0.3) is 0 Å². The van der Waals surface area contributed by atoms with Gasteiger partial charge in [-0.2, -0.15) is 5.10 Å². The molecule has 0 aliphatic heterocycles. The normalized spacial score (nSPS) is 10.4. The Morgan fingerprint density at radius 1 is 1.50 bits per heavy atom. The number of nitrogens with zero attached hydrogens (tertiary/aromatic N) is 2. The fourth-order valence-electron chi connectivity index (χ4n) is 1.43. The van der Waals surface area contributed by atoms with E-state index in [-0.39, 0.29) is 5.78 Å². The second-order valence-electron chi connectivity index (χ2n) is 3.43. The molecule has 0 amide bonds. The lowest BCUT2D eigenvalue weighted by molar-refractivity contribution is 0.103. The Morgan fingerprint density at radius 2 is 2.25 bits per heavy atom. The van der Waals surface area contributed by atoms with Crippen LogP contribution in [0, 0.1) is 0 Å². The molecule has 1 heterocycles. The maximum absolute atomic E-state index is 12.0. The van der Waals surface area contributed by atoms with Crippen LogP contribution in [0.2, 0.25) is 5.02 Å². The Labute approximate surface area is 97.6 Å². The summed E-state index contributed by atoms with van der Waals surface area (Å²) in [5.41, 5.74) is 6.95. The molecule has 1 aromatic carbocycles. The van der Waals surface area contributed by atoms with Crippen LogP contribution in [0.25, 0.3) is 0 Å². The number of aryl methyl sites for hydroxylation is 1. The number of carbonyl (C=O) groups is 1. The van der Waals surface area contributed by atoms with Crippen molar-refractivity contribution in [2.45, 2.75) is 0 Å². The molecule has 0 radical (unpaired) electrons. The number of halogens is 1. The van der Waals surface area contributed by atoms with E-state index >= 15 is 0 Å². The Balaban J connectivity index is 2.45. The Kier molecular flexibility index (Phi) is 2.66. The fraction of sp³-hybridized carbons (Fsp3) is 0.0909. The van der Waals surface area contributed by atoms with Gasteiger partial charge >= 0.3 is 0 Å². The van der Waals surface area contributed by atoms with Crippen LogP contribution in [0.1, 0.15) is 15.9 Å². The van der Waals surface area contributed by atoms with E-state index in [1.165, 1.54) is 6.20 Å². The van der Waals surface area contributed by atoms with Gasteiger partial charge in [0.15, 0.2) is 5.78 Å². The lowest BCUT2D eigenvalue weighted by atomic mass is 10.0. The summed E-state index contributed by atoms with van der Waals surface area (Å²) in [5, 5.41) is 4.32. The second kappa shape index (κ2) is 3.98. The van der Waals surface area contributed by atoms with E-state index < -0.39 is 0 Å². The van der Waals surface area contributed by atoms with E-state index in [2.05, 4.69) is 5.10 Å². The van der Waals surface area contributed by atoms with Crippen LogP contribution in [0.5, 0.6) is 0 Å². The molecule has 5 heteroatoms. The van der Waals surface area contributed by atoms with Gasteiger partial charge in [-0.15, -0.1) is 0 Å². The summed E-state index contributed by atoms with van der Waals surface area (Å²) < 4.78 is 1.56. The zero-order chi connectivity index (χ0) is 11.7. The molecule has 0 aliphatic rings. The first-order valence-corrected chi connectivity index (χ1v) is 5.04. The maximum Gasteiger partial charge on any atom is 0.198 e. The topological polar surface area (TPSA) is 60.9 Å². The summed E-state index contributed by atoms with van der Waals surface area (Å²) in [4.78, 5) is 12.0. The molecule has 1 aromatic heterocycles. The first-order chi connectivity index (χ1) is 7.59. The van der Waals surface area contributed by atoms with Gasteiger partial charge in [0, 0.05) is 18.8 Å². The van der Waals surface area contributed by atoms with E-state index in [1.807, 2.05) is 0 Å². The summed E-state index contributed by atoms with van der Waals surface area (Å²) in [7, 11) is 1.75. The van der Waals surface area contributed by atoms with Crippen molar-refractivity contribution in [3.8, 4) is 0 Å². The van der Waals surface area contributed by atoms with Crippen molar-refractivity contribution >= 4 is 23.1 Å². The van der Waals surface area contributed by atoms with Crippen LogP contribution in [0.15, 0.2) is 30.6 Å². The van der Waals surface area contributed by atoms with Crippen LogP contribution in [-0.2, 0) is 7.05 Å². The number of nitrogens with two attached hydrogens (primary N) is 1. The number of anilines is 1. The van der Waals surface area contributed by atoms with Crippen molar-refractivity contribution in [2.24, 2.45) is 7.05 Å². The predicted molar refractivity (Wildman–Crippen MR) is 62.5 cm³/mol. The van der Waals surface area contributed by atoms with Gasteiger partial charge in [0.2, 0.25) is 0 Å². The monoisotopic (exact) mass is 235 g/mol. The van der Waals surface area contributed by atoms with Gasteiger partial charge in [-0.25, -0.2) is 0 Å². The van der Waals surface area contributed by atoms with E-state index in [0.717, 1.165) is 0 Å². The van der Waals surface area contributed by atoms with Crippen molar-refractivity contribution in [1.82, 2.24) is 9.78 Å². The third-order valence-electron chi connectivity index (χ3n) is 2.26. The van der Waals surface area contributed by atoms with Crippen LogP contribution < -0.4 is 5.73 Å². The number of para-hydroxylation sites is 1. The van der Waals surface area contributed by atoms with Gasteiger partial charge in [0.05, 0.1) is 22.5 Å². The average molecular weight is 236 g/mol. The number of hydrogen-bond donors (Lipinski definition) is 1. The molecular formula is C11H10ClN3O. The first kappa shape index (κ1) is 10.7. The number of hydrogen-bond acceptors (Lipinski definition) is 3. The van der Waals surface area contributed by atoms with Gasteiger partial charge in [0.1, 0.15) is 0 Å². The molecule has 0 saturated heterocycles. The Bertz CT molecular complexity index is 548. The van der Waals surface area contributed by atoms with Crippen LogP contribution in [-0.4, -0.2) is 15.6 Å². The number of rotatable bonds is 2. The highest BCUT2D eigenvalue weighted by molar-refractivity contribution is 6.34. The second-order valence-corrected chi connectivity index (χ2v) is 3.84. The predicted octanol–water partition coefficient (Wildman–Crippen LogP) is 1.89. The molecule has 2 aromatic rings. The molecule has 0 atom stereocenters. The van der Waals surface area contributed by atoms with Gasteiger partial charge in [-0.1, -0.05) is 17.7 Å². The van der Waals surface area contributed by atoms with Gasteiger partial charge in [-0.3, -0.25) is 9.48 Å². The summed E-state index contributed by atoms with van der Waals surface area (Å²) in [6.45, 7) is 0. The molecule has 0 bridgehead atoms. The quantitative estimate of drug-likeness (QED) is 0.639. The third-order valence-corrected chi connectivity index (χ3v) is 2.59. The zero-order valence-electron chi connectivity index (χ0n) is 8.64. The molecule has 2 N–H and O–H groups in total. The molecule has 0 aliphatic carbocycles. The third kappa shape index (κ3) is 1.79. The number of nitrogen functional groups attached to an aromatic ring is 1. The standard InChI is InChI=1S/C11H10ClN3O/c1-15-6-7(5-14-15)11(16)8-3-2-4-9(12)10(8)13/h2-6H,13H2,1H3. The van der Waals surface area contributed by atoms with E-state index in [9.17, 15) is 4.79 Å². The Hall–Kier alpha value is -1.81. The zero-order valence-corrected chi connectivity index (χ0v) is 9.40.